The van der Waals surface area contributed by atoms with Gasteiger partial charge in [-0.1, -0.05) is 0 Å². The standard InChI is InChI=1S/C13H16N6/c1-19(5-4-14)9-11-8-17-18-13(11)10-2-3-12(6-15)16-7-10/h2-3,7-8H,4-5,9,14H2,1H3,(H,17,18). The van der Waals surface area contributed by atoms with E-state index in [0.717, 1.165) is 29.9 Å². The summed E-state index contributed by atoms with van der Waals surface area (Å²) in [5.74, 6) is 0. The predicted molar refractivity (Wildman–Crippen MR) is 71.9 cm³/mol. The number of nitrogens with zero attached hydrogens (tertiary/aromatic N) is 4. The van der Waals surface area contributed by atoms with E-state index in [1.165, 1.54) is 0 Å². The largest absolute Gasteiger partial charge is 0.329 e. The van der Waals surface area contributed by atoms with Crippen LogP contribution < -0.4 is 5.73 Å². The third-order valence-electron chi connectivity index (χ3n) is 2.84. The summed E-state index contributed by atoms with van der Waals surface area (Å²) in [5.41, 5.74) is 8.88. The molecule has 0 aliphatic heterocycles. The van der Waals surface area contributed by atoms with Crippen molar-refractivity contribution in [2.24, 2.45) is 5.73 Å². The minimum absolute atomic E-state index is 0.407. The molecule has 0 amide bonds. The summed E-state index contributed by atoms with van der Waals surface area (Å²) in [7, 11) is 2.01. The number of pyridine rings is 1. The van der Waals surface area contributed by atoms with E-state index >= 15 is 0 Å². The second-order valence-electron chi connectivity index (χ2n) is 4.34. The molecule has 6 heteroatoms. The van der Waals surface area contributed by atoms with Crippen LogP contribution in [0.3, 0.4) is 0 Å². The van der Waals surface area contributed by atoms with Crippen LogP contribution in [0.25, 0.3) is 11.3 Å². The molecule has 6 nitrogen and oxygen atoms in total. The zero-order valence-electron chi connectivity index (χ0n) is 10.8. The Bertz CT molecular complexity index is 566. The molecule has 2 aromatic rings. The fourth-order valence-electron chi connectivity index (χ4n) is 1.88. The molecule has 0 unspecified atom stereocenters. The Morgan fingerprint density at radius 3 is 2.89 bits per heavy atom. The molecule has 19 heavy (non-hydrogen) atoms. The SMILES string of the molecule is CN(CCN)Cc1cn[nH]c1-c1ccc(C#N)nc1. The first-order valence-electron chi connectivity index (χ1n) is 6.02. The Kier molecular flexibility index (Phi) is 4.23. The topological polar surface area (TPSA) is 94.6 Å². The smallest absolute Gasteiger partial charge is 0.140 e. The van der Waals surface area contributed by atoms with Gasteiger partial charge in [-0.05, 0) is 19.2 Å². The highest BCUT2D eigenvalue weighted by atomic mass is 15.1. The van der Waals surface area contributed by atoms with Crippen molar-refractivity contribution in [1.29, 1.82) is 5.26 Å². The van der Waals surface area contributed by atoms with Gasteiger partial charge in [0, 0.05) is 37.0 Å². The Hall–Kier alpha value is -2.23. The average molecular weight is 256 g/mol. The summed E-state index contributed by atoms with van der Waals surface area (Å²) >= 11 is 0. The van der Waals surface area contributed by atoms with Crippen LogP contribution in [0.2, 0.25) is 0 Å². The third kappa shape index (κ3) is 3.16. The Morgan fingerprint density at radius 1 is 1.42 bits per heavy atom. The van der Waals surface area contributed by atoms with Crippen LogP contribution in [0.15, 0.2) is 24.5 Å². The normalized spacial score (nSPS) is 10.6. The van der Waals surface area contributed by atoms with Gasteiger partial charge < -0.3 is 10.6 Å². The Balaban J connectivity index is 2.21. The molecule has 0 aliphatic rings. The van der Waals surface area contributed by atoms with Crippen molar-refractivity contribution in [1.82, 2.24) is 20.1 Å². The van der Waals surface area contributed by atoms with Crippen molar-refractivity contribution in [2.45, 2.75) is 6.54 Å². The van der Waals surface area contributed by atoms with E-state index in [0.29, 0.717) is 12.2 Å². The lowest BCUT2D eigenvalue weighted by Gasteiger charge is -2.15. The number of rotatable bonds is 5. The molecule has 3 N–H and O–H groups in total. The van der Waals surface area contributed by atoms with Gasteiger partial charge in [0.1, 0.15) is 11.8 Å². The van der Waals surface area contributed by atoms with E-state index < -0.39 is 0 Å². The van der Waals surface area contributed by atoms with Crippen molar-refractivity contribution >= 4 is 0 Å². The molecule has 2 heterocycles. The van der Waals surface area contributed by atoms with E-state index in [2.05, 4.69) is 20.1 Å². The second kappa shape index (κ2) is 6.09. The lowest BCUT2D eigenvalue weighted by Crippen LogP contribution is -2.25. The van der Waals surface area contributed by atoms with Gasteiger partial charge in [0.15, 0.2) is 0 Å². The van der Waals surface area contributed by atoms with Crippen molar-refractivity contribution < 1.29 is 0 Å². The van der Waals surface area contributed by atoms with Crippen LogP contribution >= 0.6 is 0 Å². The van der Waals surface area contributed by atoms with Crippen molar-refractivity contribution in [3.05, 3.63) is 35.8 Å². The zero-order chi connectivity index (χ0) is 13.7. The summed E-state index contributed by atoms with van der Waals surface area (Å²) in [6.45, 7) is 2.22. The number of aromatic amines is 1. The summed E-state index contributed by atoms with van der Waals surface area (Å²) in [4.78, 5) is 6.20. The first-order valence-corrected chi connectivity index (χ1v) is 6.02. The first-order chi connectivity index (χ1) is 9.24. The van der Waals surface area contributed by atoms with Crippen LogP contribution in [0, 0.1) is 11.3 Å². The molecule has 0 bridgehead atoms. The van der Waals surface area contributed by atoms with Crippen LogP contribution in [-0.4, -0.2) is 40.2 Å². The second-order valence-corrected chi connectivity index (χ2v) is 4.34. The predicted octanol–water partition coefficient (Wildman–Crippen LogP) is 0.734. The minimum Gasteiger partial charge on any atom is -0.329 e. The number of nitrogens with one attached hydrogen (secondary N) is 1. The minimum atomic E-state index is 0.407. The number of likely N-dealkylation sites (N-methyl/N-ethyl adjacent to an activating group) is 1. The highest BCUT2D eigenvalue weighted by Crippen LogP contribution is 2.21. The van der Waals surface area contributed by atoms with E-state index in [9.17, 15) is 0 Å². The lowest BCUT2D eigenvalue weighted by molar-refractivity contribution is 0.337. The molecular weight excluding hydrogens is 240 g/mol. The van der Waals surface area contributed by atoms with Crippen molar-refractivity contribution in [2.75, 3.05) is 20.1 Å². The highest BCUT2D eigenvalue weighted by molar-refractivity contribution is 5.61. The molecular formula is C13H16N6. The average Bonchev–Trinajstić information content (AvgIpc) is 2.87. The summed E-state index contributed by atoms with van der Waals surface area (Å²) < 4.78 is 0. The van der Waals surface area contributed by atoms with E-state index in [1.54, 1.807) is 18.5 Å². The van der Waals surface area contributed by atoms with Crippen LogP contribution in [0.1, 0.15) is 11.3 Å². The third-order valence-corrected chi connectivity index (χ3v) is 2.84. The quantitative estimate of drug-likeness (QED) is 0.822. The zero-order valence-corrected chi connectivity index (χ0v) is 10.8. The molecule has 0 spiro atoms. The first kappa shape index (κ1) is 13.2. The molecule has 0 aromatic carbocycles. The number of H-pyrrole nitrogens is 1. The molecule has 0 aliphatic carbocycles. The van der Waals surface area contributed by atoms with E-state index in [1.807, 2.05) is 19.2 Å². The highest BCUT2D eigenvalue weighted by Gasteiger charge is 2.10. The molecule has 2 rings (SSSR count). The molecule has 0 fully saturated rings. The number of hydrogen-bond donors (Lipinski definition) is 2. The molecule has 98 valence electrons. The summed E-state index contributed by atoms with van der Waals surface area (Å²) in [6, 6.07) is 5.57. The van der Waals surface area contributed by atoms with Gasteiger partial charge in [0.25, 0.3) is 0 Å². The molecule has 0 atom stereocenters. The number of aromatic nitrogens is 3. The van der Waals surface area contributed by atoms with E-state index in [4.69, 9.17) is 11.0 Å². The fourth-order valence-corrected chi connectivity index (χ4v) is 1.88. The van der Waals surface area contributed by atoms with Gasteiger partial charge in [-0.2, -0.15) is 10.4 Å². The number of hydrogen-bond acceptors (Lipinski definition) is 5. The maximum absolute atomic E-state index is 8.74. The van der Waals surface area contributed by atoms with E-state index in [-0.39, 0.29) is 0 Å². The van der Waals surface area contributed by atoms with Crippen LogP contribution in [0.5, 0.6) is 0 Å². The summed E-state index contributed by atoms with van der Waals surface area (Å²) in [5, 5.41) is 15.8. The van der Waals surface area contributed by atoms with Gasteiger partial charge in [-0.3, -0.25) is 5.10 Å². The van der Waals surface area contributed by atoms with Gasteiger partial charge in [-0.25, -0.2) is 4.98 Å². The number of nitriles is 1. The lowest BCUT2D eigenvalue weighted by atomic mass is 10.1. The molecule has 0 saturated heterocycles. The van der Waals surface area contributed by atoms with Gasteiger partial charge >= 0.3 is 0 Å². The maximum atomic E-state index is 8.74. The van der Waals surface area contributed by atoms with Crippen molar-refractivity contribution in [3.8, 4) is 17.3 Å². The van der Waals surface area contributed by atoms with Crippen molar-refractivity contribution in [3.63, 3.8) is 0 Å². The fraction of sp³-hybridized carbons (Fsp3) is 0.308. The monoisotopic (exact) mass is 256 g/mol. The Labute approximate surface area is 111 Å². The van der Waals surface area contributed by atoms with Crippen LogP contribution in [0.4, 0.5) is 0 Å². The van der Waals surface area contributed by atoms with Gasteiger partial charge in [0.2, 0.25) is 0 Å². The Morgan fingerprint density at radius 2 is 2.26 bits per heavy atom. The van der Waals surface area contributed by atoms with Gasteiger partial charge in [-0.15, -0.1) is 0 Å². The van der Waals surface area contributed by atoms with Crippen LogP contribution in [-0.2, 0) is 6.54 Å². The molecule has 2 aromatic heterocycles. The molecule has 0 radical (unpaired) electrons. The maximum Gasteiger partial charge on any atom is 0.140 e. The summed E-state index contributed by atoms with van der Waals surface area (Å²) in [6.07, 6.45) is 3.49. The molecule has 0 saturated carbocycles. The number of nitrogens with two attached hydrogens (primary N) is 1. The van der Waals surface area contributed by atoms with Gasteiger partial charge in [0.05, 0.1) is 11.9 Å².